The van der Waals surface area contributed by atoms with Crippen molar-refractivity contribution >= 4 is 30.1 Å². The topological polar surface area (TPSA) is 95.9 Å². The number of nitrogens with one attached hydrogen (secondary N) is 1. The van der Waals surface area contributed by atoms with Crippen LogP contribution in [0, 0.1) is 0 Å². The number of methoxy groups -OCH3 is 1. The Balaban J connectivity index is 2.12. The molecule has 1 amide bonds. The lowest BCUT2D eigenvalue weighted by molar-refractivity contribution is 0.0600. The first-order valence-electron chi connectivity index (χ1n) is 6.47. The van der Waals surface area contributed by atoms with Gasteiger partial charge in [-0.15, -0.1) is 0 Å². The van der Waals surface area contributed by atoms with Gasteiger partial charge >= 0.3 is 13.1 Å². The molecule has 112 valence electrons. The quantitative estimate of drug-likeness (QED) is 0.561. The fourth-order valence-corrected chi connectivity index (χ4v) is 1.85. The number of rotatable bonds is 4. The minimum atomic E-state index is -1.63. The van der Waals surface area contributed by atoms with Crippen LogP contribution in [0.25, 0.3) is 0 Å². The molecule has 2 aromatic rings. The first kappa shape index (κ1) is 15.7. The van der Waals surface area contributed by atoms with Gasteiger partial charge in [0.2, 0.25) is 0 Å². The van der Waals surface area contributed by atoms with Gasteiger partial charge in [0.15, 0.2) is 0 Å². The third-order valence-corrected chi connectivity index (χ3v) is 3.01. The fourth-order valence-electron chi connectivity index (χ4n) is 1.85. The summed E-state index contributed by atoms with van der Waals surface area (Å²) in [5.41, 5.74) is 1.41. The summed E-state index contributed by atoms with van der Waals surface area (Å²) in [5.74, 6) is -0.851. The Kier molecular flexibility index (Phi) is 4.93. The zero-order chi connectivity index (χ0) is 16.1. The van der Waals surface area contributed by atoms with Crippen molar-refractivity contribution in [2.75, 3.05) is 12.4 Å². The monoisotopic (exact) mass is 299 g/mol. The molecule has 0 aliphatic rings. The van der Waals surface area contributed by atoms with E-state index in [1.54, 1.807) is 24.3 Å². The van der Waals surface area contributed by atoms with Crippen LogP contribution in [0.5, 0.6) is 0 Å². The van der Waals surface area contributed by atoms with Gasteiger partial charge in [-0.25, -0.2) is 4.79 Å². The maximum atomic E-state index is 12.1. The Bertz CT molecular complexity index is 685. The highest BCUT2D eigenvalue weighted by molar-refractivity contribution is 6.58. The minimum absolute atomic E-state index is 0.230. The van der Waals surface area contributed by atoms with Crippen LogP contribution in [0.2, 0.25) is 0 Å². The molecular weight excluding hydrogens is 285 g/mol. The van der Waals surface area contributed by atoms with Crippen molar-refractivity contribution in [3.8, 4) is 0 Å². The third-order valence-electron chi connectivity index (χ3n) is 3.01. The van der Waals surface area contributed by atoms with Gasteiger partial charge in [0.1, 0.15) is 0 Å². The molecule has 0 unspecified atom stereocenters. The van der Waals surface area contributed by atoms with Gasteiger partial charge in [-0.3, -0.25) is 4.79 Å². The zero-order valence-electron chi connectivity index (χ0n) is 11.8. The molecular formula is C15H14BNO5. The molecule has 0 spiro atoms. The zero-order valence-corrected chi connectivity index (χ0v) is 11.8. The van der Waals surface area contributed by atoms with Crippen molar-refractivity contribution in [1.29, 1.82) is 0 Å². The Hall–Kier alpha value is -2.64. The average molecular weight is 299 g/mol. The van der Waals surface area contributed by atoms with Crippen molar-refractivity contribution in [2.24, 2.45) is 0 Å². The summed E-state index contributed by atoms with van der Waals surface area (Å²) in [4.78, 5) is 23.4. The van der Waals surface area contributed by atoms with Gasteiger partial charge in [0.25, 0.3) is 5.91 Å². The molecule has 0 bridgehead atoms. The number of anilines is 1. The Morgan fingerprint density at radius 3 is 2.32 bits per heavy atom. The lowest BCUT2D eigenvalue weighted by Crippen LogP contribution is -2.30. The summed E-state index contributed by atoms with van der Waals surface area (Å²) in [6.45, 7) is 0. The van der Waals surface area contributed by atoms with Crippen molar-refractivity contribution in [3.05, 3.63) is 59.7 Å². The second kappa shape index (κ2) is 6.88. The van der Waals surface area contributed by atoms with E-state index in [2.05, 4.69) is 10.1 Å². The molecule has 0 saturated carbocycles. The van der Waals surface area contributed by atoms with Gasteiger partial charge in [0.05, 0.1) is 12.7 Å². The second-order valence-electron chi connectivity index (χ2n) is 4.52. The molecule has 3 N–H and O–H groups in total. The van der Waals surface area contributed by atoms with Gasteiger partial charge in [-0.2, -0.15) is 0 Å². The molecule has 0 aromatic heterocycles. The molecule has 22 heavy (non-hydrogen) atoms. The van der Waals surface area contributed by atoms with Crippen LogP contribution in [0.1, 0.15) is 20.7 Å². The number of amides is 1. The van der Waals surface area contributed by atoms with Crippen LogP contribution in [0.15, 0.2) is 48.5 Å². The summed E-state index contributed by atoms with van der Waals surface area (Å²) in [5, 5.41) is 20.9. The molecule has 0 atom stereocenters. The van der Waals surface area contributed by atoms with E-state index in [1.165, 1.54) is 31.4 Å². The molecule has 0 fully saturated rings. The van der Waals surface area contributed by atoms with E-state index < -0.39 is 19.0 Å². The van der Waals surface area contributed by atoms with Gasteiger partial charge in [-0.1, -0.05) is 12.1 Å². The van der Waals surface area contributed by atoms with Crippen molar-refractivity contribution in [3.63, 3.8) is 0 Å². The van der Waals surface area contributed by atoms with Gasteiger partial charge < -0.3 is 20.1 Å². The normalized spacial score (nSPS) is 9.95. The smallest absolute Gasteiger partial charge is 0.465 e. The Morgan fingerprint density at radius 2 is 1.73 bits per heavy atom. The number of ether oxygens (including phenoxy) is 1. The predicted molar refractivity (Wildman–Crippen MR) is 82.0 cm³/mol. The van der Waals surface area contributed by atoms with Crippen LogP contribution in [-0.2, 0) is 4.74 Å². The maximum absolute atomic E-state index is 12.1. The first-order chi connectivity index (χ1) is 10.5. The molecule has 0 aliphatic carbocycles. The number of hydrogen-bond donors (Lipinski definition) is 3. The molecule has 0 aliphatic heterocycles. The SMILES string of the molecule is COC(=O)c1ccc(NC(=O)c2cccc(B(O)O)c2)cc1. The van der Waals surface area contributed by atoms with Crippen molar-refractivity contribution in [2.45, 2.75) is 0 Å². The van der Waals surface area contributed by atoms with Gasteiger partial charge in [-0.05, 0) is 41.9 Å². The number of esters is 1. The van der Waals surface area contributed by atoms with Crippen LogP contribution >= 0.6 is 0 Å². The van der Waals surface area contributed by atoms with Crippen LogP contribution in [0.3, 0.4) is 0 Å². The molecule has 6 nitrogen and oxygen atoms in total. The standard InChI is InChI=1S/C15H14BNO5/c1-22-15(19)10-5-7-13(8-6-10)17-14(18)11-3-2-4-12(9-11)16(20)21/h2-9,20-21H,1H3,(H,17,18). The number of benzene rings is 2. The molecule has 2 rings (SSSR count). The number of carbonyl (C=O) groups excluding carboxylic acids is 2. The van der Waals surface area contributed by atoms with Crippen molar-refractivity contribution < 1.29 is 24.4 Å². The predicted octanol–water partition coefficient (Wildman–Crippen LogP) is 0.405. The first-order valence-corrected chi connectivity index (χ1v) is 6.47. The lowest BCUT2D eigenvalue weighted by atomic mass is 9.79. The lowest BCUT2D eigenvalue weighted by Gasteiger charge is -2.07. The third kappa shape index (κ3) is 3.72. The van der Waals surface area contributed by atoms with Crippen LogP contribution in [-0.4, -0.2) is 36.2 Å². The number of hydrogen-bond acceptors (Lipinski definition) is 5. The molecule has 2 aromatic carbocycles. The summed E-state index contributed by atoms with van der Waals surface area (Å²) in [6.07, 6.45) is 0. The van der Waals surface area contributed by atoms with E-state index in [0.717, 1.165) is 0 Å². The highest BCUT2D eigenvalue weighted by atomic mass is 16.5. The molecule has 0 saturated heterocycles. The minimum Gasteiger partial charge on any atom is -0.465 e. The second-order valence-corrected chi connectivity index (χ2v) is 4.52. The molecule has 7 heteroatoms. The van der Waals surface area contributed by atoms with E-state index in [1.807, 2.05) is 0 Å². The molecule has 0 radical (unpaired) electrons. The summed E-state index contributed by atoms with van der Waals surface area (Å²) >= 11 is 0. The Morgan fingerprint density at radius 1 is 1.05 bits per heavy atom. The summed E-state index contributed by atoms with van der Waals surface area (Å²) in [6, 6.07) is 12.2. The fraction of sp³-hybridized carbons (Fsp3) is 0.0667. The molecule has 0 heterocycles. The van der Waals surface area contributed by atoms with E-state index in [-0.39, 0.29) is 5.46 Å². The summed E-state index contributed by atoms with van der Waals surface area (Å²) < 4.78 is 4.59. The van der Waals surface area contributed by atoms with Gasteiger partial charge in [0, 0.05) is 11.3 Å². The van der Waals surface area contributed by atoms with Crippen LogP contribution in [0.4, 0.5) is 5.69 Å². The van der Waals surface area contributed by atoms with Crippen LogP contribution < -0.4 is 10.8 Å². The summed E-state index contributed by atoms with van der Waals surface area (Å²) in [7, 11) is -0.340. The Labute approximate surface area is 127 Å². The van der Waals surface area contributed by atoms with E-state index in [9.17, 15) is 9.59 Å². The largest absolute Gasteiger partial charge is 0.488 e. The van der Waals surface area contributed by atoms with E-state index >= 15 is 0 Å². The number of carbonyl (C=O) groups is 2. The van der Waals surface area contributed by atoms with E-state index in [0.29, 0.717) is 16.8 Å². The maximum Gasteiger partial charge on any atom is 0.488 e. The van der Waals surface area contributed by atoms with Crippen molar-refractivity contribution in [1.82, 2.24) is 0 Å². The average Bonchev–Trinajstić information content (AvgIpc) is 2.54. The highest BCUT2D eigenvalue weighted by Crippen LogP contribution is 2.12. The highest BCUT2D eigenvalue weighted by Gasteiger charge is 2.14. The van der Waals surface area contributed by atoms with E-state index in [4.69, 9.17) is 10.0 Å².